The number of ether oxygens (including phenoxy) is 5. The van der Waals surface area contributed by atoms with Crippen LogP contribution in [-0.4, -0.2) is 109 Å². The summed E-state index contributed by atoms with van der Waals surface area (Å²) in [5.41, 5.74) is -2.03. The van der Waals surface area contributed by atoms with Crippen LogP contribution in [0.1, 0.15) is 101 Å². The maximum atomic E-state index is 12.2. The maximum absolute atomic E-state index is 12.2. The second-order valence-corrected chi connectivity index (χ2v) is 18.5. The van der Waals surface area contributed by atoms with Gasteiger partial charge in [0.15, 0.2) is 0 Å². The first-order chi connectivity index (χ1) is 19.4. The van der Waals surface area contributed by atoms with Gasteiger partial charge in [-0.25, -0.2) is 0 Å². The van der Waals surface area contributed by atoms with Crippen molar-refractivity contribution in [1.29, 1.82) is 0 Å². The molecule has 0 radical (unpaired) electrons. The van der Waals surface area contributed by atoms with E-state index in [1.165, 1.54) is 0 Å². The van der Waals surface area contributed by atoms with Crippen LogP contribution in [0.5, 0.6) is 0 Å². The van der Waals surface area contributed by atoms with Gasteiger partial charge in [0.05, 0.1) is 87.9 Å². The highest BCUT2D eigenvalue weighted by atomic mass is 127. The van der Waals surface area contributed by atoms with Gasteiger partial charge in [-0.15, -0.1) is 44.7 Å². The highest BCUT2D eigenvalue weighted by Gasteiger charge is 2.30. The molecule has 0 aromatic carbocycles. The number of rotatable bonds is 25. The summed E-state index contributed by atoms with van der Waals surface area (Å²) in [5.74, 6) is -0.0308. The van der Waals surface area contributed by atoms with Gasteiger partial charge in [-0.2, -0.15) is 0 Å². The number of aliphatic hydroxyl groups excluding tert-OH is 1. The zero-order valence-electron chi connectivity index (χ0n) is 29.1. The molecule has 0 aliphatic rings. The standard InChI is InChI=1S/C29H58B4I2O8/c1-25(2,11-14-36)41-19-22(20-42-26(3,4)12-15-39-28(7,8)17-23(37)32(30)34)21-43-27(5,6)13-16-40-29(9,10)18-24(38)33(31)35/h22,36H,11-21,30-31H2,1-10H3. The summed E-state index contributed by atoms with van der Waals surface area (Å²) in [4.78, 5) is 24.4. The molecule has 248 valence electrons. The average Bonchev–Trinajstić information content (AvgIpc) is 2.82. The molecule has 0 spiro atoms. The number of carbonyl (C=O) groups is 2. The lowest BCUT2D eigenvalue weighted by Crippen LogP contribution is -2.38. The lowest BCUT2D eigenvalue weighted by Gasteiger charge is -2.34. The zero-order valence-corrected chi connectivity index (χ0v) is 33.4. The first-order valence-electron chi connectivity index (χ1n) is 15.6. The minimum Gasteiger partial charge on any atom is -0.396 e. The van der Waals surface area contributed by atoms with Crippen LogP contribution in [0.2, 0.25) is 0 Å². The number of halogens is 2. The Hall–Kier alpha value is 0.820. The van der Waals surface area contributed by atoms with Crippen molar-refractivity contribution in [3.05, 3.63) is 0 Å². The first-order valence-corrected chi connectivity index (χ1v) is 18.0. The minimum atomic E-state index is -0.525. The molecule has 1 N–H and O–H groups in total. The summed E-state index contributed by atoms with van der Waals surface area (Å²) in [7, 11) is 3.80. The Bertz CT molecular complexity index is 783. The van der Waals surface area contributed by atoms with Crippen molar-refractivity contribution < 1.29 is 38.4 Å². The van der Waals surface area contributed by atoms with Gasteiger partial charge in [0.25, 0.3) is 8.92 Å². The lowest BCUT2D eigenvalue weighted by atomic mass is 9.51. The summed E-state index contributed by atoms with van der Waals surface area (Å²) >= 11 is 4.29. The predicted molar refractivity (Wildman–Crippen MR) is 200 cm³/mol. The van der Waals surface area contributed by atoms with Gasteiger partial charge in [0.1, 0.15) is 0 Å². The molecular formula is C29H58B4I2O8. The Kier molecular flexibility index (Phi) is 20.0. The molecule has 0 aliphatic heterocycles. The quantitative estimate of drug-likeness (QED) is 0.110. The third-order valence-corrected chi connectivity index (χ3v) is 8.71. The van der Waals surface area contributed by atoms with E-state index in [9.17, 15) is 14.7 Å². The van der Waals surface area contributed by atoms with Crippen LogP contribution in [0.3, 0.4) is 0 Å². The van der Waals surface area contributed by atoms with Gasteiger partial charge in [0, 0.05) is 25.4 Å². The van der Waals surface area contributed by atoms with Crippen LogP contribution >= 0.6 is 44.7 Å². The molecule has 0 rings (SSSR count). The van der Waals surface area contributed by atoms with E-state index < -0.39 is 28.0 Å². The molecule has 0 aromatic rings. The SMILES string of the molecule is BB(I)C(=O)CC(C)(C)OCCC(C)(C)OCC(COC(C)(C)CCO)COC(C)(C)CCOC(C)(C)CC(=O)B(B)I. The predicted octanol–water partition coefficient (Wildman–Crippen LogP) is 3.85. The summed E-state index contributed by atoms with van der Waals surface area (Å²) in [5, 5.41) is 9.43. The van der Waals surface area contributed by atoms with Gasteiger partial charge in [-0.05, 0) is 88.5 Å². The van der Waals surface area contributed by atoms with Gasteiger partial charge in [-0.1, -0.05) is 0 Å². The van der Waals surface area contributed by atoms with Crippen LogP contribution in [0.15, 0.2) is 0 Å². The summed E-state index contributed by atoms with van der Waals surface area (Å²) in [6.45, 7) is 22.3. The van der Waals surface area contributed by atoms with E-state index in [4.69, 9.17) is 23.7 Å². The molecule has 0 aromatic heterocycles. The van der Waals surface area contributed by atoms with Crippen molar-refractivity contribution in [3.63, 3.8) is 0 Å². The normalized spacial score (nSPS) is 13.4. The average molecular weight is 832 g/mol. The molecule has 0 fully saturated rings. The van der Waals surface area contributed by atoms with E-state index >= 15 is 0 Å². The minimum absolute atomic E-state index is 0.0308. The smallest absolute Gasteiger partial charge is 0.255 e. The van der Waals surface area contributed by atoms with E-state index in [2.05, 4.69) is 44.7 Å². The monoisotopic (exact) mass is 832 g/mol. The van der Waals surface area contributed by atoms with E-state index in [1.54, 1.807) is 0 Å². The Morgan fingerprint density at radius 1 is 0.605 bits per heavy atom. The fourth-order valence-electron chi connectivity index (χ4n) is 4.03. The molecule has 8 nitrogen and oxygen atoms in total. The number of hydrogen-bond donors (Lipinski definition) is 1. The fraction of sp³-hybridized carbons (Fsp3) is 0.931. The Morgan fingerprint density at radius 3 is 1.19 bits per heavy atom. The van der Waals surface area contributed by atoms with Crippen molar-refractivity contribution >= 4 is 80.5 Å². The summed E-state index contributed by atoms with van der Waals surface area (Å²) in [6, 6.07) is 0. The second-order valence-electron chi connectivity index (χ2n) is 14.8. The number of carbonyl (C=O) groups excluding carboxylic acids is 2. The topological polar surface area (TPSA) is 101 Å². The molecule has 0 unspecified atom stereocenters. The van der Waals surface area contributed by atoms with Crippen LogP contribution in [-0.2, 0) is 33.3 Å². The van der Waals surface area contributed by atoms with E-state index in [1.807, 2.05) is 84.7 Å². The molecule has 43 heavy (non-hydrogen) atoms. The fourth-order valence-corrected chi connectivity index (χ4v) is 4.47. The molecule has 0 bridgehead atoms. The molecule has 0 heterocycles. The highest BCUT2D eigenvalue weighted by Crippen LogP contribution is 2.25. The van der Waals surface area contributed by atoms with Gasteiger partial charge in [0.2, 0.25) is 0 Å². The molecule has 0 aliphatic carbocycles. The van der Waals surface area contributed by atoms with E-state index in [0.717, 1.165) is 0 Å². The van der Waals surface area contributed by atoms with Crippen molar-refractivity contribution in [2.75, 3.05) is 39.6 Å². The second kappa shape index (κ2) is 19.6. The van der Waals surface area contributed by atoms with Crippen molar-refractivity contribution in [3.8, 4) is 0 Å². The molecular weight excluding hydrogens is 773 g/mol. The molecule has 0 atom stereocenters. The van der Waals surface area contributed by atoms with Crippen LogP contribution in [0.25, 0.3) is 0 Å². The largest absolute Gasteiger partial charge is 0.396 e. The lowest BCUT2D eigenvalue weighted by molar-refractivity contribution is -0.131. The third-order valence-electron chi connectivity index (χ3n) is 7.32. The zero-order chi connectivity index (χ0) is 33.7. The number of hydrogen-bond acceptors (Lipinski definition) is 8. The molecule has 14 heteroatoms. The van der Waals surface area contributed by atoms with Crippen molar-refractivity contribution in [2.45, 2.75) is 129 Å². The van der Waals surface area contributed by atoms with Gasteiger partial charge in [-0.3, -0.25) is 0 Å². The third kappa shape index (κ3) is 22.1. The molecule has 0 saturated carbocycles. The Balaban J connectivity index is 5.10. The van der Waals surface area contributed by atoms with E-state index in [0.29, 0.717) is 65.1 Å². The highest BCUT2D eigenvalue weighted by molar-refractivity contribution is 14.1. The van der Waals surface area contributed by atoms with Gasteiger partial charge >= 0.3 is 0 Å². The van der Waals surface area contributed by atoms with Gasteiger partial charge < -0.3 is 38.4 Å². The van der Waals surface area contributed by atoms with E-state index in [-0.39, 0.29) is 32.8 Å². The number of aliphatic hydroxyl groups is 1. The summed E-state index contributed by atoms with van der Waals surface area (Å²) < 4.78 is 31.1. The molecule has 0 amide bonds. The molecule has 0 saturated heterocycles. The first kappa shape index (κ1) is 43.8. The van der Waals surface area contributed by atoms with Crippen LogP contribution in [0, 0.1) is 5.92 Å². The maximum Gasteiger partial charge on any atom is 0.255 e. The Morgan fingerprint density at radius 2 is 0.907 bits per heavy atom. The Labute approximate surface area is 292 Å². The van der Waals surface area contributed by atoms with Crippen LogP contribution in [0.4, 0.5) is 0 Å². The summed E-state index contributed by atoms with van der Waals surface area (Å²) in [6.07, 6.45) is 2.65. The van der Waals surface area contributed by atoms with Crippen molar-refractivity contribution in [2.24, 2.45) is 5.92 Å². The van der Waals surface area contributed by atoms with Crippen LogP contribution < -0.4 is 0 Å². The van der Waals surface area contributed by atoms with Crippen molar-refractivity contribution in [1.82, 2.24) is 0 Å².